The van der Waals surface area contributed by atoms with Gasteiger partial charge in [0.2, 0.25) is 5.91 Å². The predicted molar refractivity (Wildman–Crippen MR) is 102 cm³/mol. The molecule has 1 aliphatic rings. The number of allylic oxidation sites excluding steroid dienone is 2. The SMILES string of the molecule is O=C(CC1CC=C(c2ccccc2)CC1)Nc1ccc2[nH]c(=O)oc2c1. The topological polar surface area (TPSA) is 75.1 Å². The lowest BCUT2D eigenvalue weighted by Gasteiger charge is -2.21. The summed E-state index contributed by atoms with van der Waals surface area (Å²) in [5.41, 5.74) is 4.35. The average Bonchev–Trinajstić information content (AvgIpc) is 3.02. The summed E-state index contributed by atoms with van der Waals surface area (Å²) < 4.78 is 5.02. The molecule has 132 valence electrons. The van der Waals surface area contributed by atoms with Gasteiger partial charge in [-0.2, -0.15) is 0 Å². The van der Waals surface area contributed by atoms with Crippen LogP contribution in [0, 0.1) is 5.92 Å². The molecule has 0 saturated heterocycles. The zero-order valence-electron chi connectivity index (χ0n) is 14.3. The number of amides is 1. The van der Waals surface area contributed by atoms with E-state index in [1.54, 1.807) is 18.2 Å². The summed E-state index contributed by atoms with van der Waals surface area (Å²) in [7, 11) is 0. The van der Waals surface area contributed by atoms with Crippen LogP contribution >= 0.6 is 0 Å². The second-order valence-corrected chi connectivity index (χ2v) is 6.71. The first-order chi connectivity index (χ1) is 12.7. The average molecular weight is 348 g/mol. The molecule has 1 unspecified atom stereocenters. The molecule has 5 nitrogen and oxygen atoms in total. The Kier molecular flexibility index (Phi) is 4.44. The number of oxazole rings is 1. The Labute approximate surface area is 150 Å². The van der Waals surface area contributed by atoms with Crippen LogP contribution in [0.2, 0.25) is 0 Å². The third-order valence-electron chi connectivity index (χ3n) is 4.84. The summed E-state index contributed by atoms with van der Waals surface area (Å²) in [5, 5.41) is 2.90. The second-order valence-electron chi connectivity index (χ2n) is 6.71. The lowest BCUT2D eigenvalue weighted by molar-refractivity contribution is -0.117. The van der Waals surface area contributed by atoms with Crippen molar-refractivity contribution in [3.63, 3.8) is 0 Å². The largest absolute Gasteiger partial charge is 0.417 e. The lowest BCUT2D eigenvalue weighted by Crippen LogP contribution is -2.17. The molecule has 26 heavy (non-hydrogen) atoms. The van der Waals surface area contributed by atoms with E-state index in [1.807, 2.05) is 6.07 Å². The van der Waals surface area contributed by atoms with Crippen LogP contribution in [-0.4, -0.2) is 10.9 Å². The Morgan fingerprint density at radius 2 is 2.04 bits per heavy atom. The number of aromatic amines is 1. The van der Waals surface area contributed by atoms with Crippen LogP contribution in [0.1, 0.15) is 31.2 Å². The van der Waals surface area contributed by atoms with E-state index in [0.29, 0.717) is 29.1 Å². The van der Waals surface area contributed by atoms with Gasteiger partial charge in [-0.05, 0) is 48.4 Å². The van der Waals surface area contributed by atoms with Crippen LogP contribution in [-0.2, 0) is 4.79 Å². The van der Waals surface area contributed by atoms with Crippen molar-refractivity contribution in [2.45, 2.75) is 25.7 Å². The maximum atomic E-state index is 12.3. The number of anilines is 1. The van der Waals surface area contributed by atoms with Gasteiger partial charge in [0.15, 0.2) is 5.58 Å². The summed E-state index contributed by atoms with van der Waals surface area (Å²) in [5.74, 6) is -0.146. The molecule has 2 aromatic carbocycles. The lowest BCUT2D eigenvalue weighted by atomic mass is 9.85. The second kappa shape index (κ2) is 7.04. The van der Waals surface area contributed by atoms with Crippen molar-refractivity contribution in [2.24, 2.45) is 5.92 Å². The number of aromatic nitrogens is 1. The van der Waals surface area contributed by atoms with Gasteiger partial charge in [0.1, 0.15) is 0 Å². The Morgan fingerprint density at radius 1 is 1.19 bits per heavy atom. The number of hydrogen-bond acceptors (Lipinski definition) is 3. The quantitative estimate of drug-likeness (QED) is 0.737. The molecule has 0 radical (unpaired) electrons. The number of carbonyl (C=O) groups excluding carboxylic acids is 1. The molecule has 1 aliphatic carbocycles. The highest BCUT2D eigenvalue weighted by Gasteiger charge is 2.18. The number of H-pyrrole nitrogens is 1. The normalized spacial score (nSPS) is 17.1. The molecule has 1 heterocycles. The molecular weight excluding hydrogens is 328 g/mol. The summed E-state index contributed by atoms with van der Waals surface area (Å²) in [6, 6.07) is 15.6. The molecule has 0 fully saturated rings. The van der Waals surface area contributed by atoms with Gasteiger partial charge in [0.05, 0.1) is 5.52 Å². The third-order valence-corrected chi connectivity index (χ3v) is 4.84. The zero-order valence-corrected chi connectivity index (χ0v) is 14.3. The molecular formula is C21H20N2O3. The maximum Gasteiger partial charge on any atom is 0.417 e. The molecule has 0 spiro atoms. The minimum Gasteiger partial charge on any atom is -0.408 e. The summed E-state index contributed by atoms with van der Waals surface area (Å²) in [6.45, 7) is 0. The highest BCUT2D eigenvalue weighted by molar-refractivity contribution is 5.92. The first-order valence-corrected chi connectivity index (χ1v) is 8.84. The molecule has 4 rings (SSSR count). The third kappa shape index (κ3) is 3.61. The van der Waals surface area contributed by atoms with Gasteiger partial charge < -0.3 is 9.73 Å². The fraction of sp³-hybridized carbons (Fsp3) is 0.238. The molecule has 1 amide bonds. The molecule has 3 aromatic rings. The molecule has 0 aliphatic heterocycles. The number of fused-ring (bicyclic) bond motifs is 1. The Balaban J connectivity index is 1.36. The van der Waals surface area contributed by atoms with E-state index in [2.05, 4.69) is 40.6 Å². The van der Waals surface area contributed by atoms with Crippen LogP contribution in [0.15, 0.2) is 63.8 Å². The van der Waals surface area contributed by atoms with E-state index < -0.39 is 5.76 Å². The van der Waals surface area contributed by atoms with Crippen LogP contribution in [0.3, 0.4) is 0 Å². The van der Waals surface area contributed by atoms with Crippen LogP contribution in [0.25, 0.3) is 16.7 Å². The summed E-state index contributed by atoms with van der Waals surface area (Å²) in [4.78, 5) is 26.1. The van der Waals surface area contributed by atoms with Crippen molar-refractivity contribution < 1.29 is 9.21 Å². The number of nitrogens with one attached hydrogen (secondary N) is 2. The monoisotopic (exact) mass is 348 g/mol. The van der Waals surface area contributed by atoms with Gasteiger partial charge in [-0.3, -0.25) is 9.78 Å². The zero-order chi connectivity index (χ0) is 17.9. The van der Waals surface area contributed by atoms with Crippen molar-refractivity contribution in [1.29, 1.82) is 0 Å². The minimum atomic E-state index is -0.494. The van der Waals surface area contributed by atoms with Crippen LogP contribution in [0.4, 0.5) is 5.69 Å². The van der Waals surface area contributed by atoms with E-state index in [9.17, 15) is 9.59 Å². The molecule has 1 aromatic heterocycles. The standard InChI is InChI=1S/C21H20N2O3/c24-20(22-17-10-11-18-19(13-17)26-21(25)23-18)12-14-6-8-16(9-7-14)15-4-2-1-3-5-15/h1-5,8,10-11,13-14H,6-7,9,12H2,(H,22,24)(H,23,25). The Hall–Kier alpha value is -3.08. The van der Waals surface area contributed by atoms with Gasteiger partial charge in [-0.1, -0.05) is 36.4 Å². The maximum absolute atomic E-state index is 12.3. The minimum absolute atomic E-state index is 0.0104. The van der Waals surface area contributed by atoms with E-state index in [1.165, 1.54) is 11.1 Å². The number of rotatable bonds is 4. The fourth-order valence-electron chi connectivity index (χ4n) is 3.49. The van der Waals surface area contributed by atoms with Gasteiger partial charge in [-0.25, -0.2) is 4.79 Å². The first-order valence-electron chi connectivity index (χ1n) is 8.84. The van der Waals surface area contributed by atoms with Crippen molar-refractivity contribution in [3.8, 4) is 0 Å². The van der Waals surface area contributed by atoms with E-state index >= 15 is 0 Å². The van der Waals surface area contributed by atoms with Gasteiger partial charge in [-0.15, -0.1) is 0 Å². The van der Waals surface area contributed by atoms with Crippen molar-refractivity contribution in [1.82, 2.24) is 4.98 Å². The van der Waals surface area contributed by atoms with Gasteiger partial charge in [0.25, 0.3) is 0 Å². The molecule has 1 atom stereocenters. The number of carbonyl (C=O) groups is 1. The fourth-order valence-corrected chi connectivity index (χ4v) is 3.49. The molecule has 0 bridgehead atoms. The molecule has 5 heteroatoms. The van der Waals surface area contributed by atoms with Crippen molar-refractivity contribution in [2.75, 3.05) is 5.32 Å². The molecule has 0 saturated carbocycles. The van der Waals surface area contributed by atoms with Crippen molar-refractivity contribution in [3.05, 3.63) is 70.7 Å². The van der Waals surface area contributed by atoms with Crippen molar-refractivity contribution >= 4 is 28.3 Å². The highest BCUT2D eigenvalue weighted by Crippen LogP contribution is 2.32. The van der Waals surface area contributed by atoms with Crippen LogP contribution in [0.5, 0.6) is 0 Å². The molecule has 2 N–H and O–H groups in total. The summed E-state index contributed by atoms with van der Waals surface area (Å²) in [6.07, 6.45) is 5.69. The van der Waals surface area contributed by atoms with Gasteiger partial charge in [0, 0.05) is 18.2 Å². The highest BCUT2D eigenvalue weighted by atomic mass is 16.4. The van der Waals surface area contributed by atoms with Gasteiger partial charge >= 0.3 is 5.76 Å². The number of benzene rings is 2. The Bertz CT molecular complexity index is 1010. The Morgan fingerprint density at radius 3 is 2.81 bits per heavy atom. The summed E-state index contributed by atoms with van der Waals surface area (Å²) >= 11 is 0. The first kappa shape index (κ1) is 16.4. The predicted octanol–water partition coefficient (Wildman–Crippen LogP) is 4.33. The smallest absolute Gasteiger partial charge is 0.408 e. The van der Waals surface area contributed by atoms with E-state index in [4.69, 9.17) is 4.42 Å². The number of hydrogen-bond donors (Lipinski definition) is 2. The van der Waals surface area contributed by atoms with E-state index in [-0.39, 0.29) is 5.91 Å². The van der Waals surface area contributed by atoms with E-state index in [0.717, 1.165) is 19.3 Å². The van der Waals surface area contributed by atoms with Crippen LogP contribution < -0.4 is 11.1 Å².